The Labute approximate surface area is 668 Å². The van der Waals surface area contributed by atoms with Crippen molar-refractivity contribution in [3.63, 3.8) is 0 Å². The highest BCUT2D eigenvalue weighted by Crippen LogP contribution is 2.54. The minimum Gasteiger partial charge on any atom is -0.394 e. The zero-order valence-electron chi connectivity index (χ0n) is 69.2. The number of thiol groups is 1. The fraction of sp³-hybridized carbons (Fsp3) is 0.921. The first-order valence-corrected chi connectivity index (χ1v) is 41.4. The largest absolute Gasteiger partial charge is 0.394 e. The van der Waals surface area contributed by atoms with Crippen molar-refractivity contribution in [2.75, 3.05) is 124 Å². The summed E-state index contributed by atoms with van der Waals surface area (Å²) in [4.78, 5) is 0. The number of ether oxygens (including phenoxy) is 30. The van der Waals surface area contributed by atoms with Gasteiger partial charge < -0.3 is 152 Å². The average Bonchev–Trinajstić information content (AvgIpc) is 1.61. The van der Waals surface area contributed by atoms with Crippen molar-refractivity contribution in [2.45, 2.75) is 323 Å². The number of hydrogen-bond donors (Lipinski definition) is 3. The summed E-state index contributed by atoms with van der Waals surface area (Å²) in [6, 6.07) is 10.1. The molecule has 650 valence electrons. The Balaban J connectivity index is 0.000000132. The first kappa shape index (κ1) is 90.4. The third-order valence-electron chi connectivity index (χ3n) is 20.3. The van der Waals surface area contributed by atoms with Crippen molar-refractivity contribution in [3.8, 4) is 0 Å². The number of rotatable bonds is 22. The lowest BCUT2D eigenvalue weighted by Crippen LogP contribution is -2.60. The van der Waals surface area contributed by atoms with Gasteiger partial charge in [-0.2, -0.15) is 21.0 Å². The van der Waals surface area contributed by atoms with E-state index in [1.54, 1.807) is 27.7 Å². The second-order valence-corrected chi connectivity index (χ2v) is 37.0. The summed E-state index contributed by atoms with van der Waals surface area (Å²) in [5.41, 5.74) is 1.14. The molecule has 1 aromatic rings. The molecule has 0 bridgehead atoms. The van der Waals surface area contributed by atoms with Crippen LogP contribution in [-0.4, -0.2) is 321 Å². The lowest BCUT2D eigenvalue weighted by atomic mass is 9.97. The highest BCUT2D eigenvalue weighted by atomic mass is 32.2. The van der Waals surface area contributed by atoms with E-state index in [0.29, 0.717) is 58.6 Å². The molecule has 0 spiro atoms. The van der Waals surface area contributed by atoms with Crippen LogP contribution in [0.2, 0.25) is 0 Å². The highest BCUT2D eigenvalue weighted by molar-refractivity contribution is 7.86. The lowest BCUT2D eigenvalue weighted by Gasteiger charge is -2.40. The van der Waals surface area contributed by atoms with Gasteiger partial charge >= 0.3 is 0 Å². The molecule has 0 saturated carbocycles. The van der Waals surface area contributed by atoms with Gasteiger partial charge in [-0.3, -0.25) is 4.18 Å². The zero-order valence-corrected chi connectivity index (χ0v) is 70.9. The van der Waals surface area contributed by atoms with Gasteiger partial charge in [0, 0.05) is 5.75 Å². The molecule has 15 heterocycles. The molecule has 0 radical (unpaired) electrons. The fourth-order valence-corrected chi connectivity index (χ4v) is 17.4. The van der Waals surface area contributed by atoms with Crippen molar-refractivity contribution >= 4 is 22.7 Å². The van der Waals surface area contributed by atoms with Crippen molar-refractivity contribution in [3.05, 3.63) is 35.9 Å². The average molecular weight is 1660 g/mol. The first-order valence-electron chi connectivity index (χ1n) is 39.0. The lowest BCUT2D eigenvalue weighted by molar-refractivity contribution is -0.299. The summed E-state index contributed by atoms with van der Waals surface area (Å²) in [5, 5.41) is 18.5. The van der Waals surface area contributed by atoms with Crippen LogP contribution in [0.4, 0.5) is 0 Å². The van der Waals surface area contributed by atoms with Gasteiger partial charge in [-0.1, -0.05) is 30.3 Å². The maximum absolute atomic E-state index is 11.0. The van der Waals surface area contributed by atoms with Gasteiger partial charge in [-0.05, 0) is 144 Å². The fourth-order valence-electron chi connectivity index (χ4n) is 16.9. The van der Waals surface area contributed by atoms with Gasteiger partial charge in [-0.25, -0.2) is 0 Å². The summed E-state index contributed by atoms with van der Waals surface area (Å²) in [6.07, 6.45) is -3.63. The number of aliphatic hydroxyl groups is 2. The van der Waals surface area contributed by atoms with E-state index in [0.717, 1.165) is 11.8 Å². The van der Waals surface area contributed by atoms with Crippen molar-refractivity contribution in [1.82, 2.24) is 0 Å². The minimum absolute atomic E-state index is 0.0519. The van der Waals surface area contributed by atoms with Crippen LogP contribution in [0, 0.1) is 0 Å². The first-order chi connectivity index (χ1) is 52.5. The summed E-state index contributed by atoms with van der Waals surface area (Å²) in [6.45, 7) is 41.4. The van der Waals surface area contributed by atoms with Crippen molar-refractivity contribution < 1.29 is 165 Å². The van der Waals surface area contributed by atoms with Crippen LogP contribution in [0.15, 0.2) is 30.3 Å². The molecule has 0 aromatic heterocycles. The number of hydrogen-bond acceptors (Lipinski definition) is 36. The number of aliphatic hydroxyl groups excluding tert-OH is 2. The Kier molecular flexibility index (Phi) is 27.0. The zero-order chi connectivity index (χ0) is 82.1. The van der Waals surface area contributed by atoms with E-state index < -0.39 is 121 Å². The molecule has 15 saturated heterocycles. The Morgan fingerprint density at radius 2 is 0.611 bits per heavy atom. The molecule has 20 atom stereocenters. The second kappa shape index (κ2) is 33.8. The summed E-state index contributed by atoms with van der Waals surface area (Å²) in [5.74, 6) is -12.0. The Hall–Kier alpha value is -1.80. The van der Waals surface area contributed by atoms with Crippen LogP contribution in [0.1, 0.15) is 144 Å². The predicted octanol–water partition coefficient (Wildman–Crippen LogP) is 5.10. The van der Waals surface area contributed by atoms with E-state index in [-0.39, 0.29) is 133 Å². The molecule has 20 unspecified atom stereocenters. The van der Waals surface area contributed by atoms with Gasteiger partial charge in [0.2, 0.25) is 28.9 Å². The second-order valence-electron chi connectivity index (χ2n) is 34.9. The predicted molar refractivity (Wildman–Crippen MR) is 391 cm³/mol. The Morgan fingerprint density at radius 3 is 0.903 bits per heavy atom. The van der Waals surface area contributed by atoms with Crippen LogP contribution >= 0.6 is 12.6 Å². The van der Waals surface area contributed by atoms with Crippen LogP contribution in [-0.2, 0) is 163 Å². The van der Waals surface area contributed by atoms with E-state index in [4.69, 9.17) is 147 Å². The molecule has 15 aliphatic rings. The van der Waals surface area contributed by atoms with Crippen LogP contribution < -0.4 is 0 Å². The third kappa shape index (κ3) is 21.3. The molecular formula is C76H124O35S2. The topological polar surface area (TPSA) is 361 Å². The molecular weight excluding hydrogens is 1540 g/mol. The normalized spacial score (nSPS) is 41.4. The molecule has 0 amide bonds. The summed E-state index contributed by atoms with van der Waals surface area (Å²) in [7, 11) is -3.50. The monoisotopic (exact) mass is 1660 g/mol. The van der Waals surface area contributed by atoms with Crippen molar-refractivity contribution in [2.24, 2.45) is 0 Å². The molecule has 0 aliphatic carbocycles. The maximum Gasteiger partial charge on any atom is 0.264 e. The molecule has 2 N–H and O–H groups in total. The molecule has 35 nitrogen and oxygen atoms in total. The van der Waals surface area contributed by atoms with Gasteiger partial charge in [0.15, 0.2) is 57.9 Å². The highest BCUT2D eigenvalue weighted by Gasteiger charge is 2.71. The molecule has 16 rings (SSSR count). The Bertz CT molecular complexity index is 3350. The van der Waals surface area contributed by atoms with Gasteiger partial charge in [0.1, 0.15) is 125 Å². The van der Waals surface area contributed by atoms with E-state index in [2.05, 4.69) is 16.8 Å². The smallest absolute Gasteiger partial charge is 0.264 e. The summed E-state index contributed by atoms with van der Waals surface area (Å²) >= 11 is 4.15. The molecule has 113 heavy (non-hydrogen) atoms. The molecule has 1 aromatic carbocycles. The maximum atomic E-state index is 11.0. The van der Waals surface area contributed by atoms with E-state index in [9.17, 15) is 13.5 Å². The molecule has 15 aliphatic heterocycles. The standard InChI is InChI=1S/C21H30O7.C15H26O9S.C14H24O7.C14H24O6S.C12H20O6/c1-19(2)25-16-13-24-21(18(17(16)26-19)27-20(3,4)28-21)14-23-11-10-22-12-15-8-6-5-7-9-15;1-13(2)21-10-8-19-15(9-18-6-7-20-25(5,16)17)12(11(10)22-13)23-14(3,4)24-15;1-12(2)18-9-7-17-14(8-16-6-5-15)11(10(9)19-12)20-13(3,4)21-14;1-12(2)17-9-7-16-14(8-15-5-6-21)11(10(9)18-12)19-13(3,4)20-14;1-10(2)15-7-5-14-12(6-13)9(8(7)16-10)17-11(3,4)18-12/h5-9,16-18H,10-14H2,1-4H3;10-12H,6-9H2,1-5H3;9-11,15H,5-8H2,1-4H3;9-11,21H,5-8H2,1-4H3;7-9,13H,5-6H2,1-4H3. The van der Waals surface area contributed by atoms with Gasteiger partial charge in [0.25, 0.3) is 10.1 Å². The molecule has 37 heteroatoms. The van der Waals surface area contributed by atoms with E-state index >= 15 is 0 Å². The van der Waals surface area contributed by atoms with E-state index in [1.165, 1.54) is 0 Å². The van der Waals surface area contributed by atoms with E-state index in [1.807, 2.05) is 141 Å². The van der Waals surface area contributed by atoms with Gasteiger partial charge in [0.05, 0.1) is 92.1 Å². The van der Waals surface area contributed by atoms with Crippen LogP contribution in [0.3, 0.4) is 0 Å². The van der Waals surface area contributed by atoms with Crippen LogP contribution in [0.5, 0.6) is 0 Å². The third-order valence-corrected chi connectivity index (χ3v) is 21.1. The Morgan fingerprint density at radius 1 is 0.345 bits per heavy atom. The van der Waals surface area contributed by atoms with Crippen LogP contribution in [0.25, 0.3) is 0 Å². The quantitative estimate of drug-likeness (QED) is 0.0772. The van der Waals surface area contributed by atoms with Crippen molar-refractivity contribution in [1.29, 1.82) is 0 Å². The number of benzene rings is 1. The minimum atomic E-state index is -3.50. The SMILES string of the molecule is CC1(C)OC2COC3(CO)OC(C)(C)OC3C2O1.CC1(C)OC2COC3(COCCO)OC(C)(C)OC3C2O1.CC1(C)OC2COC3(COCCOCc4ccccc4)OC(C)(C)OC3C2O1.CC1(C)OC2COC3(COCCOS(C)(=O)=O)OC(C)(C)OC3C2O1.CC1(C)OC2COC3(COCCS)OC(C)(C)OC3C2O1. The molecule has 15 fully saturated rings. The summed E-state index contributed by atoms with van der Waals surface area (Å²) < 4.78 is 203. The number of fused-ring (bicyclic) bond motifs is 15. The van der Waals surface area contributed by atoms with Gasteiger partial charge in [-0.15, -0.1) is 0 Å².